The SMILES string of the molecule is CC(=N)c1c(O)c(C(C)=O)c(O)oc1=O. The van der Waals surface area contributed by atoms with Gasteiger partial charge in [-0.3, -0.25) is 4.79 Å². The van der Waals surface area contributed by atoms with Crippen LogP contribution in [-0.4, -0.2) is 21.7 Å². The first-order valence-corrected chi connectivity index (χ1v) is 4.01. The van der Waals surface area contributed by atoms with Crippen molar-refractivity contribution in [3.8, 4) is 11.7 Å². The molecule has 0 spiro atoms. The van der Waals surface area contributed by atoms with Gasteiger partial charge in [-0.15, -0.1) is 0 Å². The molecular weight excluding hydrogens is 202 g/mol. The van der Waals surface area contributed by atoms with Crippen molar-refractivity contribution in [1.82, 2.24) is 0 Å². The Morgan fingerprint density at radius 3 is 2.20 bits per heavy atom. The van der Waals surface area contributed by atoms with Gasteiger partial charge in [-0.2, -0.15) is 0 Å². The maximum absolute atomic E-state index is 11.1. The standard InChI is InChI=1S/C9H9NO5/c1-3(10)5-7(12)6(4(2)11)9(14)15-8(5)13/h10,12,14H,1-2H3. The van der Waals surface area contributed by atoms with Crippen LogP contribution in [0.2, 0.25) is 0 Å². The van der Waals surface area contributed by atoms with Crippen LogP contribution in [0.3, 0.4) is 0 Å². The van der Waals surface area contributed by atoms with Gasteiger partial charge in [-0.25, -0.2) is 4.79 Å². The second kappa shape index (κ2) is 3.56. The maximum Gasteiger partial charge on any atom is 0.351 e. The molecule has 0 aliphatic rings. The molecule has 0 saturated carbocycles. The summed E-state index contributed by atoms with van der Waals surface area (Å²) in [6.07, 6.45) is 0. The molecule has 1 aromatic rings. The summed E-state index contributed by atoms with van der Waals surface area (Å²) in [7, 11) is 0. The van der Waals surface area contributed by atoms with E-state index in [-0.39, 0.29) is 5.71 Å². The number of carbonyl (C=O) groups is 1. The molecule has 0 amide bonds. The summed E-state index contributed by atoms with van der Waals surface area (Å²) in [6.45, 7) is 2.35. The Kier molecular flexibility index (Phi) is 2.61. The smallest absolute Gasteiger partial charge is 0.351 e. The van der Waals surface area contributed by atoms with Crippen LogP contribution in [0.25, 0.3) is 0 Å². The first-order valence-electron chi connectivity index (χ1n) is 4.01. The fraction of sp³-hybridized carbons (Fsp3) is 0.222. The molecule has 0 aliphatic carbocycles. The molecule has 0 aliphatic heterocycles. The number of hydrogen-bond acceptors (Lipinski definition) is 6. The second-order valence-electron chi connectivity index (χ2n) is 2.97. The van der Waals surface area contributed by atoms with Crippen LogP contribution in [0.5, 0.6) is 11.7 Å². The summed E-state index contributed by atoms with van der Waals surface area (Å²) in [4.78, 5) is 22.2. The molecule has 6 heteroatoms. The molecule has 15 heavy (non-hydrogen) atoms. The maximum atomic E-state index is 11.1. The molecule has 0 unspecified atom stereocenters. The summed E-state index contributed by atoms with van der Waals surface area (Å²) in [5, 5.41) is 25.9. The van der Waals surface area contributed by atoms with Gasteiger partial charge in [-0.1, -0.05) is 0 Å². The minimum Gasteiger partial charge on any atom is -0.506 e. The van der Waals surface area contributed by atoms with Crippen LogP contribution < -0.4 is 5.63 Å². The molecule has 0 atom stereocenters. The van der Waals surface area contributed by atoms with E-state index in [2.05, 4.69) is 4.42 Å². The molecule has 80 valence electrons. The van der Waals surface area contributed by atoms with Gasteiger partial charge >= 0.3 is 5.63 Å². The van der Waals surface area contributed by atoms with Gasteiger partial charge in [-0.05, 0) is 13.8 Å². The van der Waals surface area contributed by atoms with Gasteiger partial charge in [0.2, 0.25) is 0 Å². The summed E-state index contributed by atoms with van der Waals surface area (Å²) in [6, 6.07) is 0. The van der Waals surface area contributed by atoms with Crippen molar-refractivity contribution >= 4 is 11.5 Å². The van der Waals surface area contributed by atoms with E-state index in [4.69, 9.17) is 10.5 Å². The molecule has 0 aromatic carbocycles. The number of nitrogens with one attached hydrogen (secondary N) is 1. The predicted molar refractivity (Wildman–Crippen MR) is 50.8 cm³/mol. The third kappa shape index (κ3) is 1.74. The van der Waals surface area contributed by atoms with E-state index in [1.54, 1.807) is 0 Å². The van der Waals surface area contributed by atoms with Crippen molar-refractivity contribution in [2.75, 3.05) is 0 Å². The highest BCUT2D eigenvalue weighted by atomic mass is 16.5. The van der Waals surface area contributed by atoms with Gasteiger partial charge in [0.15, 0.2) is 5.78 Å². The fourth-order valence-electron chi connectivity index (χ4n) is 1.16. The number of hydrogen-bond donors (Lipinski definition) is 3. The van der Waals surface area contributed by atoms with Gasteiger partial charge in [0.05, 0.1) is 0 Å². The molecule has 3 N–H and O–H groups in total. The summed E-state index contributed by atoms with van der Waals surface area (Å²) < 4.78 is 4.32. The zero-order valence-electron chi connectivity index (χ0n) is 8.12. The Hall–Kier alpha value is -2.11. The van der Waals surface area contributed by atoms with Gasteiger partial charge in [0.25, 0.3) is 5.95 Å². The van der Waals surface area contributed by atoms with Crippen LogP contribution in [0.4, 0.5) is 0 Å². The summed E-state index contributed by atoms with van der Waals surface area (Å²) in [5.74, 6) is -2.31. The molecule has 0 fully saturated rings. The third-order valence-electron chi connectivity index (χ3n) is 1.81. The van der Waals surface area contributed by atoms with Crippen LogP contribution in [0.1, 0.15) is 29.8 Å². The minimum absolute atomic E-state index is 0.247. The lowest BCUT2D eigenvalue weighted by molar-refractivity contribution is 0.100. The van der Waals surface area contributed by atoms with Crippen LogP contribution in [0, 0.1) is 5.41 Å². The Balaban J connectivity index is 3.72. The van der Waals surface area contributed by atoms with Gasteiger partial charge in [0.1, 0.15) is 16.9 Å². The highest BCUT2D eigenvalue weighted by Crippen LogP contribution is 2.28. The van der Waals surface area contributed by atoms with Crippen molar-refractivity contribution < 1.29 is 19.4 Å². The van der Waals surface area contributed by atoms with Crippen molar-refractivity contribution in [2.45, 2.75) is 13.8 Å². The molecule has 1 heterocycles. The van der Waals surface area contributed by atoms with E-state index in [0.717, 1.165) is 6.92 Å². The van der Waals surface area contributed by atoms with Crippen LogP contribution >= 0.6 is 0 Å². The topological polar surface area (TPSA) is 112 Å². The largest absolute Gasteiger partial charge is 0.506 e. The van der Waals surface area contributed by atoms with E-state index >= 15 is 0 Å². The summed E-state index contributed by atoms with van der Waals surface area (Å²) >= 11 is 0. The average Bonchev–Trinajstić information content (AvgIpc) is 1.99. The monoisotopic (exact) mass is 211 g/mol. The molecule has 0 radical (unpaired) electrons. The quantitative estimate of drug-likeness (QED) is 0.491. The number of aromatic hydroxyl groups is 2. The second-order valence-corrected chi connectivity index (χ2v) is 2.97. The average molecular weight is 211 g/mol. The molecule has 0 bridgehead atoms. The molecule has 1 rings (SSSR count). The van der Waals surface area contributed by atoms with E-state index in [1.807, 2.05) is 0 Å². The molecule has 6 nitrogen and oxygen atoms in total. The lowest BCUT2D eigenvalue weighted by Crippen LogP contribution is -2.14. The van der Waals surface area contributed by atoms with E-state index in [9.17, 15) is 14.7 Å². The minimum atomic E-state index is -1.05. The lowest BCUT2D eigenvalue weighted by atomic mass is 10.1. The van der Waals surface area contributed by atoms with Crippen molar-refractivity contribution in [3.63, 3.8) is 0 Å². The highest BCUT2D eigenvalue weighted by molar-refractivity contribution is 6.05. The molecule has 1 aromatic heterocycles. The highest BCUT2D eigenvalue weighted by Gasteiger charge is 2.23. The van der Waals surface area contributed by atoms with Crippen LogP contribution in [-0.2, 0) is 0 Å². The Morgan fingerprint density at radius 2 is 1.80 bits per heavy atom. The Bertz CT molecular complexity index is 500. The van der Waals surface area contributed by atoms with Crippen LogP contribution in [0.15, 0.2) is 9.21 Å². The van der Waals surface area contributed by atoms with E-state index in [1.165, 1.54) is 6.92 Å². The molecular formula is C9H9NO5. The lowest BCUT2D eigenvalue weighted by Gasteiger charge is -2.05. The van der Waals surface area contributed by atoms with Gasteiger partial charge in [0, 0.05) is 5.71 Å². The van der Waals surface area contributed by atoms with E-state index < -0.39 is 34.2 Å². The van der Waals surface area contributed by atoms with E-state index in [0.29, 0.717) is 0 Å². The number of carbonyl (C=O) groups excluding carboxylic acids is 1. The summed E-state index contributed by atoms with van der Waals surface area (Å²) in [5.41, 5.74) is -2.21. The van der Waals surface area contributed by atoms with Crippen molar-refractivity contribution in [2.24, 2.45) is 0 Å². The number of ketones is 1. The Labute approximate surface area is 84.3 Å². The Morgan fingerprint density at radius 1 is 1.27 bits per heavy atom. The molecule has 0 saturated heterocycles. The zero-order chi connectivity index (χ0) is 11.7. The number of Topliss-reactive ketones (excluding diaryl/α,β-unsaturated/α-hetero) is 1. The van der Waals surface area contributed by atoms with Crippen molar-refractivity contribution in [3.05, 3.63) is 21.5 Å². The first kappa shape index (κ1) is 11.0. The predicted octanol–water partition coefficient (Wildman–Crippen LogP) is 0.641. The fourth-order valence-corrected chi connectivity index (χ4v) is 1.16. The van der Waals surface area contributed by atoms with Gasteiger partial charge < -0.3 is 20.0 Å². The number of rotatable bonds is 2. The third-order valence-corrected chi connectivity index (χ3v) is 1.81. The van der Waals surface area contributed by atoms with Crippen molar-refractivity contribution in [1.29, 1.82) is 5.41 Å². The first-order chi connectivity index (χ1) is 6.86. The normalized spacial score (nSPS) is 10.0. The zero-order valence-corrected chi connectivity index (χ0v) is 8.12.